The molecule has 1 aromatic heterocycles. The van der Waals surface area contributed by atoms with Gasteiger partial charge in [-0.15, -0.1) is 12.4 Å². The van der Waals surface area contributed by atoms with Crippen LogP contribution in [0.5, 0.6) is 0 Å². The molecule has 0 bridgehead atoms. The van der Waals surface area contributed by atoms with E-state index in [2.05, 4.69) is 45.8 Å². The third kappa shape index (κ3) is 3.19. The van der Waals surface area contributed by atoms with Crippen LogP contribution < -0.4 is 5.32 Å². The highest BCUT2D eigenvalue weighted by Gasteiger charge is 2.29. The summed E-state index contributed by atoms with van der Waals surface area (Å²) in [6.07, 6.45) is 2.98. The monoisotopic (exact) mass is 346 g/mol. The Morgan fingerprint density at radius 3 is 2.67 bits per heavy atom. The first-order chi connectivity index (χ1) is 11.3. The van der Waals surface area contributed by atoms with Crippen molar-refractivity contribution in [3.05, 3.63) is 52.8 Å². The average molecular weight is 347 g/mol. The minimum atomic E-state index is 0. The fourth-order valence-corrected chi connectivity index (χ4v) is 3.69. The van der Waals surface area contributed by atoms with Crippen molar-refractivity contribution in [1.29, 1.82) is 0 Å². The highest BCUT2D eigenvalue weighted by molar-refractivity contribution is 5.94. The molecule has 1 aromatic carbocycles. The van der Waals surface area contributed by atoms with Crippen molar-refractivity contribution in [3.63, 3.8) is 0 Å². The summed E-state index contributed by atoms with van der Waals surface area (Å²) in [5.41, 5.74) is 4.18. The van der Waals surface area contributed by atoms with Gasteiger partial charge in [0.25, 0.3) is 5.91 Å². The van der Waals surface area contributed by atoms with Crippen LogP contribution in [-0.2, 0) is 13.0 Å². The summed E-state index contributed by atoms with van der Waals surface area (Å²) in [7, 11) is 0. The Morgan fingerprint density at radius 2 is 1.92 bits per heavy atom. The lowest BCUT2D eigenvalue weighted by atomic mass is 9.89. The van der Waals surface area contributed by atoms with Gasteiger partial charge in [-0.1, -0.05) is 30.3 Å². The van der Waals surface area contributed by atoms with E-state index in [4.69, 9.17) is 0 Å². The number of aromatic amines is 1. The Balaban J connectivity index is 0.00000169. The number of likely N-dealkylation sites (tertiary alicyclic amines) is 1. The fourth-order valence-electron chi connectivity index (χ4n) is 3.69. The van der Waals surface area contributed by atoms with E-state index in [-0.39, 0.29) is 18.3 Å². The molecule has 1 saturated heterocycles. The van der Waals surface area contributed by atoms with E-state index in [9.17, 15) is 4.79 Å². The zero-order chi connectivity index (χ0) is 15.6. The average Bonchev–Trinajstić information content (AvgIpc) is 3.06. The van der Waals surface area contributed by atoms with Crippen LogP contribution >= 0.6 is 12.4 Å². The van der Waals surface area contributed by atoms with Crippen LogP contribution in [0.3, 0.4) is 0 Å². The molecule has 2 aliphatic heterocycles. The first-order valence-electron chi connectivity index (χ1n) is 8.44. The van der Waals surface area contributed by atoms with Crippen LogP contribution in [-0.4, -0.2) is 40.6 Å². The van der Waals surface area contributed by atoms with Gasteiger partial charge >= 0.3 is 0 Å². The van der Waals surface area contributed by atoms with Crippen LogP contribution in [0.4, 0.5) is 0 Å². The number of piperidine rings is 1. The Labute approximate surface area is 148 Å². The van der Waals surface area contributed by atoms with Gasteiger partial charge < -0.3 is 10.2 Å². The summed E-state index contributed by atoms with van der Waals surface area (Å²) in [5, 5.41) is 10.7. The van der Waals surface area contributed by atoms with Crippen molar-refractivity contribution in [3.8, 4) is 0 Å². The second-order valence-corrected chi connectivity index (χ2v) is 6.43. The number of carbonyl (C=O) groups is 1. The summed E-state index contributed by atoms with van der Waals surface area (Å²) >= 11 is 0. The summed E-state index contributed by atoms with van der Waals surface area (Å²) in [5.74, 6) is 0.646. The highest BCUT2D eigenvalue weighted by Crippen LogP contribution is 2.29. The molecule has 128 valence electrons. The molecule has 0 saturated carbocycles. The molecule has 5 nitrogen and oxygen atoms in total. The molecule has 6 heteroatoms. The van der Waals surface area contributed by atoms with Crippen molar-refractivity contribution < 1.29 is 4.79 Å². The number of hydrogen-bond acceptors (Lipinski definition) is 3. The Morgan fingerprint density at radius 1 is 1.17 bits per heavy atom. The number of carbonyl (C=O) groups excluding carboxylic acids is 1. The number of nitrogens with one attached hydrogen (secondary N) is 2. The third-order valence-corrected chi connectivity index (χ3v) is 5.06. The van der Waals surface area contributed by atoms with E-state index in [0.717, 1.165) is 56.7 Å². The number of fused-ring (bicyclic) bond motifs is 1. The van der Waals surface area contributed by atoms with Crippen LogP contribution in [0.1, 0.15) is 46.1 Å². The maximum absolute atomic E-state index is 12.8. The molecule has 2 aliphatic rings. The lowest BCUT2D eigenvalue weighted by Gasteiger charge is -2.32. The molecule has 1 fully saturated rings. The highest BCUT2D eigenvalue weighted by atomic mass is 35.5. The fraction of sp³-hybridized carbons (Fsp3) is 0.444. The molecule has 0 unspecified atom stereocenters. The van der Waals surface area contributed by atoms with Gasteiger partial charge in [-0.25, -0.2) is 0 Å². The van der Waals surface area contributed by atoms with E-state index < -0.39 is 0 Å². The van der Waals surface area contributed by atoms with Gasteiger partial charge in [0, 0.05) is 43.9 Å². The SMILES string of the molecule is Cl.O=C(c1n[nH]c2c1CNCC2)N1CCC(c2ccccc2)CC1. The molecule has 0 radical (unpaired) electrons. The molecule has 24 heavy (non-hydrogen) atoms. The van der Waals surface area contributed by atoms with E-state index in [1.165, 1.54) is 5.56 Å². The van der Waals surface area contributed by atoms with Crippen LogP contribution in [0.25, 0.3) is 0 Å². The van der Waals surface area contributed by atoms with Crippen molar-refractivity contribution in [1.82, 2.24) is 20.4 Å². The summed E-state index contributed by atoms with van der Waals surface area (Å²) in [6.45, 7) is 3.32. The predicted molar refractivity (Wildman–Crippen MR) is 95.6 cm³/mol. The summed E-state index contributed by atoms with van der Waals surface area (Å²) < 4.78 is 0. The maximum atomic E-state index is 12.8. The Bertz CT molecular complexity index is 692. The van der Waals surface area contributed by atoms with Gasteiger partial charge in [0.2, 0.25) is 0 Å². The number of H-pyrrole nitrogens is 1. The smallest absolute Gasteiger partial charge is 0.274 e. The van der Waals surface area contributed by atoms with E-state index >= 15 is 0 Å². The molecule has 2 aromatic rings. The van der Waals surface area contributed by atoms with Crippen molar-refractivity contribution in [2.45, 2.75) is 31.7 Å². The molecular formula is C18H23ClN4O. The Hall–Kier alpha value is -1.85. The minimum absolute atomic E-state index is 0. The second-order valence-electron chi connectivity index (χ2n) is 6.43. The summed E-state index contributed by atoms with van der Waals surface area (Å²) in [4.78, 5) is 14.8. The minimum Gasteiger partial charge on any atom is -0.337 e. The topological polar surface area (TPSA) is 61.0 Å². The molecule has 1 amide bonds. The Kier molecular flexibility index (Phi) is 5.21. The zero-order valence-corrected chi connectivity index (χ0v) is 14.4. The molecule has 0 spiro atoms. The lowest BCUT2D eigenvalue weighted by Crippen LogP contribution is -2.39. The van der Waals surface area contributed by atoms with Crippen molar-refractivity contribution in [2.75, 3.05) is 19.6 Å². The first kappa shape index (κ1) is 17.0. The largest absolute Gasteiger partial charge is 0.337 e. The molecule has 0 aliphatic carbocycles. The van der Waals surface area contributed by atoms with Crippen LogP contribution in [0.2, 0.25) is 0 Å². The van der Waals surface area contributed by atoms with Gasteiger partial charge in [0.05, 0.1) is 0 Å². The van der Waals surface area contributed by atoms with E-state index in [0.29, 0.717) is 11.6 Å². The van der Waals surface area contributed by atoms with Crippen molar-refractivity contribution in [2.24, 2.45) is 0 Å². The maximum Gasteiger partial charge on any atom is 0.274 e. The third-order valence-electron chi connectivity index (χ3n) is 5.06. The summed E-state index contributed by atoms with van der Waals surface area (Å²) in [6, 6.07) is 10.6. The number of hydrogen-bond donors (Lipinski definition) is 2. The van der Waals surface area contributed by atoms with E-state index in [1.54, 1.807) is 0 Å². The molecule has 3 heterocycles. The molecule has 2 N–H and O–H groups in total. The quantitative estimate of drug-likeness (QED) is 0.878. The zero-order valence-electron chi connectivity index (χ0n) is 13.6. The number of halogens is 1. The molecule has 0 atom stereocenters. The van der Waals surface area contributed by atoms with Crippen LogP contribution in [0, 0.1) is 0 Å². The number of amides is 1. The normalized spacial score (nSPS) is 17.9. The molecular weight excluding hydrogens is 324 g/mol. The van der Waals surface area contributed by atoms with Crippen LogP contribution in [0.15, 0.2) is 30.3 Å². The van der Waals surface area contributed by atoms with Gasteiger partial charge in [-0.2, -0.15) is 5.10 Å². The predicted octanol–water partition coefficient (Wildman–Crippen LogP) is 2.50. The first-order valence-corrected chi connectivity index (χ1v) is 8.44. The van der Waals surface area contributed by atoms with Gasteiger partial charge in [-0.05, 0) is 24.3 Å². The van der Waals surface area contributed by atoms with Gasteiger partial charge in [0.1, 0.15) is 0 Å². The van der Waals surface area contributed by atoms with Crippen molar-refractivity contribution >= 4 is 18.3 Å². The standard InChI is InChI=1S/C18H22N4O.ClH/c23-18(17-15-12-19-9-6-16(15)20-21-17)22-10-7-14(8-11-22)13-4-2-1-3-5-13;/h1-5,14,19H,6-12H2,(H,20,21);1H. The molecule has 4 rings (SSSR count). The number of aromatic nitrogens is 2. The second kappa shape index (κ2) is 7.36. The van der Waals surface area contributed by atoms with Gasteiger partial charge in [0.15, 0.2) is 5.69 Å². The van der Waals surface area contributed by atoms with E-state index in [1.807, 2.05) is 4.90 Å². The number of nitrogens with zero attached hydrogens (tertiary/aromatic N) is 2. The van der Waals surface area contributed by atoms with Gasteiger partial charge in [-0.3, -0.25) is 9.89 Å². The number of benzene rings is 1. The number of rotatable bonds is 2. The lowest BCUT2D eigenvalue weighted by molar-refractivity contribution is 0.0705.